The lowest BCUT2D eigenvalue weighted by molar-refractivity contribution is -0.143. The van der Waals surface area contributed by atoms with Gasteiger partial charge in [0.2, 0.25) is 0 Å². The first-order chi connectivity index (χ1) is 11.4. The SMILES string of the molecule is CC(C)CCNC(=O)NC(=O)COC(=O)/C=C/c1ccccc1Br. The minimum absolute atomic E-state index is 0.457. The van der Waals surface area contributed by atoms with E-state index in [-0.39, 0.29) is 0 Å². The molecule has 0 spiro atoms. The van der Waals surface area contributed by atoms with Gasteiger partial charge in [-0.3, -0.25) is 10.1 Å². The molecule has 24 heavy (non-hydrogen) atoms. The summed E-state index contributed by atoms with van der Waals surface area (Å²) in [5.41, 5.74) is 0.809. The van der Waals surface area contributed by atoms with E-state index in [1.807, 2.05) is 38.1 Å². The number of ether oxygens (including phenoxy) is 1. The Hall–Kier alpha value is -2.15. The molecule has 0 unspecified atom stereocenters. The number of nitrogens with one attached hydrogen (secondary N) is 2. The second-order valence-electron chi connectivity index (χ2n) is 5.45. The first-order valence-electron chi connectivity index (χ1n) is 7.55. The smallest absolute Gasteiger partial charge is 0.331 e. The molecule has 0 fully saturated rings. The number of carbonyl (C=O) groups excluding carboxylic acids is 3. The molecule has 130 valence electrons. The number of hydrogen-bond acceptors (Lipinski definition) is 4. The van der Waals surface area contributed by atoms with E-state index in [0.29, 0.717) is 12.5 Å². The second kappa shape index (κ2) is 10.6. The highest BCUT2D eigenvalue weighted by atomic mass is 79.9. The summed E-state index contributed by atoms with van der Waals surface area (Å²) in [6.07, 6.45) is 3.61. The van der Waals surface area contributed by atoms with E-state index >= 15 is 0 Å². The summed E-state index contributed by atoms with van der Waals surface area (Å²) in [4.78, 5) is 34.5. The number of halogens is 1. The van der Waals surface area contributed by atoms with Crippen LogP contribution in [0, 0.1) is 5.92 Å². The molecule has 1 aromatic rings. The number of imide groups is 1. The molecule has 0 aliphatic rings. The molecule has 3 amide bonds. The summed E-state index contributed by atoms with van der Waals surface area (Å²) in [5, 5.41) is 4.65. The van der Waals surface area contributed by atoms with Crippen molar-refractivity contribution in [3.63, 3.8) is 0 Å². The number of urea groups is 1. The van der Waals surface area contributed by atoms with E-state index in [1.54, 1.807) is 6.08 Å². The zero-order chi connectivity index (χ0) is 17.9. The summed E-state index contributed by atoms with van der Waals surface area (Å²) < 4.78 is 5.61. The molecule has 0 saturated heterocycles. The lowest BCUT2D eigenvalue weighted by Crippen LogP contribution is -2.41. The normalized spacial score (nSPS) is 10.7. The Bertz CT molecular complexity index is 614. The van der Waals surface area contributed by atoms with Gasteiger partial charge in [-0.1, -0.05) is 48.0 Å². The quantitative estimate of drug-likeness (QED) is 0.548. The predicted molar refractivity (Wildman–Crippen MR) is 95.1 cm³/mol. The van der Waals surface area contributed by atoms with Gasteiger partial charge in [-0.15, -0.1) is 0 Å². The van der Waals surface area contributed by atoms with Crippen molar-refractivity contribution in [2.24, 2.45) is 5.92 Å². The minimum Gasteiger partial charge on any atom is -0.452 e. The topological polar surface area (TPSA) is 84.5 Å². The molecule has 0 heterocycles. The first-order valence-corrected chi connectivity index (χ1v) is 8.35. The molecule has 0 bridgehead atoms. The van der Waals surface area contributed by atoms with Gasteiger partial charge in [0.15, 0.2) is 6.61 Å². The summed E-state index contributed by atoms with van der Waals surface area (Å²) >= 11 is 3.35. The highest BCUT2D eigenvalue weighted by Gasteiger charge is 2.09. The maximum absolute atomic E-state index is 11.6. The van der Waals surface area contributed by atoms with Crippen LogP contribution in [0.25, 0.3) is 6.08 Å². The van der Waals surface area contributed by atoms with Crippen LogP contribution >= 0.6 is 15.9 Å². The number of rotatable bonds is 7. The van der Waals surface area contributed by atoms with Crippen LogP contribution in [0.5, 0.6) is 0 Å². The van der Waals surface area contributed by atoms with Gasteiger partial charge in [0.25, 0.3) is 5.91 Å². The maximum Gasteiger partial charge on any atom is 0.331 e. The van der Waals surface area contributed by atoms with Gasteiger partial charge in [-0.25, -0.2) is 9.59 Å². The summed E-state index contributed by atoms with van der Waals surface area (Å²) in [5.74, 6) is -0.890. The van der Waals surface area contributed by atoms with E-state index in [4.69, 9.17) is 4.74 Å². The largest absolute Gasteiger partial charge is 0.452 e. The predicted octanol–water partition coefficient (Wildman–Crippen LogP) is 2.88. The number of benzene rings is 1. The standard InChI is InChI=1S/C17H21BrN2O4/c1-12(2)9-10-19-17(23)20-15(21)11-24-16(22)8-7-13-5-3-4-6-14(13)18/h3-8,12H,9-11H2,1-2H3,(H2,19,20,21,23)/b8-7+. The zero-order valence-corrected chi connectivity index (χ0v) is 15.3. The van der Waals surface area contributed by atoms with Crippen molar-refractivity contribution in [3.8, 4) is 0 Å². The summed E-state index contributed by atoms with van der Waals surface area (Å²) in [6, 6.07) is 6.76. The molecule has 1 rings (SSSR count). The van der Waals surface area contributed by atoms with Crippen molar-refractivity contribution in [1.29, 1.82) is 0 Å². The third kappa shape index (κ3) is 8.47. The van der Waals surface area contributed by atoms with Crippen LogP contribution in [-0.2, 0) is 14.3 Å². The van der Waals surface area contributed by atoms with Crippen molar-refractivity contribution in [3.05, 3.63) is 40.4 Å². The van der Waals surface area contributed by atoms with E-state index < -0.39 is 24.5 Å². The molecule has 0 aromatic heterocycles. The molecular weight excluding hydrogens is 376 g/mol. The number of esters is 1. The Labute approximate surface area is 149 Å². The average molecular weight is 397 g/mol. The molecule has 0 aliphatic heterocycles. The van der Waals surface area contributed by atoms with Crippen molar-refractivity contribution in [1.82, 2.24) is 10.6 Å². The summed E-state index contributed by atoms with van der Waals surface area (Å²) in [6.45, 7) is 4.03. The highest BCUT2D eigenvalue weighted by molar-refractivity contribution is 9.10. The monoisotopic (exact) mass is 396 g/mol. The van der Waals surface area contributed by atoms with Crippen LogP contribution in [-0.4, -0.2) is 31.1 Å². The summed E-state index contributed by atoms with van der Waals surface area (Å²) in [7, 11) is 0. The van der Waals surface area contributed by atoms with Gasteiger partial charge in [0.1, 0.15) is 0 Å². The van der Waals surface area contributed by atoms with Crippen molar-refractivity contribution in [2.75, 3.05) is 13.2 Å². The Balaban J connectivity index is 2.30. The third-order valence-electron chi connectivity index (χ3n) is 2.91. The fraction of sp³-hybridized carbons (Fsp3) is 0.353. The van der Waals surface area contributed by atoms with Crippen LogP contribution in [0.3, 0.4) is 0 Å². The maximum atomic E-state index is 11.6. The lowest BCUT2D eigenvalue weighted by atomic mass is 10.1. The van der Waals surface area contributed by atoms with Crippen molar-refractivity contribution >= 4 is 39.9 Å². The first kappa shape index (κ1) is 19.9. The van der Waals surface area contributed by atoms with Crippen molar-refractivity contribution in [2.45, 2.75) is 20.3 Å². The Morgan fingerprint density at radius 3 is 2.62 bits per heavy atom. The molecule has 0 atom stereocenters. The second-order valence-corrected chi connectivity index (χ2v) is 6.30. The average Bonchev–Trinajstić information content (AvgIpc) is 2.51. The molecule has 1 aromatic carbocycles. The number of carbonyl (C=O) groups is 3. The molecule has 0 radical (unpaired) electrons. The van der Waals surface area contributed by atoms with E-state index in [1.165, 1.54) is 6.08 Å². The van der Waals surface area contributed by atoms with Crippen LogP contribution in [0.2, 0.25) is 0 Å². The number of hydrogen-bond donors (Lipinski definition) is 2. The highest BCUT2D eigenvalue weighted by Crippen LogP contribution is 2.16. The van der Waals surface area contributed by atoms with Crippen LogP contribution in [0.15, 0.2) is 34.8 Å². The van der Waals surface area contributed by atoms with Crippen LogP contribution in [0.4, 0.5) is 4.79 Å². The van der Waals surface area contributed by atoms with E-state index in [9.17, 15) is 14.4 Å². The fourth-order valence-electron chi connectivity index (χ4n) is 1.63. The molecule has 0 aliphatic carbocycles. The van der Waals surface area contributed by atoms with Gasteiger partial charge in [-0.2, -0.15) is 0 Å². The van der Waals surface area contributed by atoms with Crippen LogP contribution < -0.4 is 10.6 Å². The van der Waals surface area contributed by atoms with Gasteiger partial charge in [0.05, 0.1) is 0 Å². The fourth-order valence-corrected chi connectivity index (χ4v) is 2.05. The molecule has 0 saturated carbocycles. The molecule has 7 heteroatoms. The number of amides is 3. The minimum atomic E-state index is -0.681. The van der Waals surface area contributed by atoms with Gasteiger partial charge >= 0.3 is 12.0 Å². The van der Waals surface area contributed by atoms with E-state index in [2.05, 4.69) is 26.6 Å². The Kier molecular flexibility index (Phi) is 8.78. The molecule has 6 nitrogen and oxygen atoms in total. The zero-order valence-electron chi connectivity index (χ0n) is 13.7. The molecule has 2 N–H and O–H groups in total. The van der Waals surface area contributed by atoms with Gasteiger partial charge in [-0.05, 0) is 30.0 Å². The van der Waals surface area contributed by atoms with E-state index in [0.717, 1.165) is 16.5 Å². The Morgan fingerprint density at radius 1 is 1.25 bits per heavy atom. The van der Waals surface area contributed by atoms with Crippen molar-refractivity contribution < 1.29 is 19.1 Å². The van der Waals surface area contributed by atoms with Gasteiger partial charge in [0, 0.05) is 17.1 Å². The third-order valence-corrected chi connectivity index (χ3v) is 3.63. The molecular formula is C17H21BrN2O4. The lowest BCUT2D eigenvalue weighted by Gasteiger charge is -2.08. The van der Waals surface area contributed by atoms with Gasteiger partial charge < -0.3 is 10.1 Å². The Morgan fingerprint density at radius 2 is 1.96 bits per heavy atom. The van der Waals surface area contributed by atoms with Crippen LogP contribution in [0.1, 0.15) is 25.8 Å².